The minimum atomic E-state index is 0.173. The van der Waals surface area contributed by atoms with Crippen LogP contribution in [0.3, 0.4) is 0 Å². The normalized spacial score (nSPS) is 14.2. The molecule has 0 bridgehead atoms. The average Bonchev–Trinajstić information content (AvgIpc) is 3.50. The first-order chi connectivity index (χ1) is 39.3. The van der Waals surface area contributed by atoms with Crippen LogP contribution in [0.2, 0.25) is 0 Å². The molecule has 9 aromatic rings. The lowest BCUT2D eigenvalue weighted by Crippen LogP contribution is -2.11. The second kappa shape index (κ2) is 27.3. The fourth-order valence-corrected chi connectivity index (χ4v) is 12.6. The monoisotopic (exact) mass is 1070 g/mol. The molecule has 0 amide bonds. The Labute approximate surface area is 484 Å². The van der Waals surface area contributed by atoms with Crippen molar-refractivity contribution in [3.63, 3.8) is 0 Å². The molecule has 2 saturated carbocycles. The molecule has 81 heavy (non-hydrogen) atoms. The van der Waals surface area contributed by atoms with Crippen LogP contribution in [0, 0.1) is 13.8 Å². The summed E-state index contributed by atoms with van der Waals surface area (Å²) >= 11 is 0. The molecule has 0 spiro atoms. The van der Waals surface area contributed by atoms with E-state index in [1.807, 2.05) is 72.8 Å². The van der Waals surface area contributed by atoms with Crippen molar-refractivity contribution in [3.05, 3.63) is 284 Å². The Kier molecular flexibility index (Phi) is 19.4. The van der Waals surface area contributed by atoms with E-state index in [9.17, 15) is 0 Å². The molecule has 9 aromatic carbocycles. The first-order valence-corrected chi connectivity index (χ1v) is 29.7. The zero-order valence-electron chi connectivity index (χ0n) is 48.3. The fraction of sp³-hybridized carbons (Fsp3) is 0.280. The Morgan fingerprint density at radius 2 is 0.543 bits per heavy atom. The molecule has 0 radical (unpaired) electrons. The van der Waals surface area contributed by atoms with Gasteiger partial charge in [-0.25, -0.2) is 0 Å². The van der Waals surface area contributed by atoms with Gasteiger partial charge in [0.05, 0.1) is 0 Å². The summed E-state index contributed by atoms with van der Waals surface area (Å²) < 4.78 is 0. The smallest absolute Gasteiger partial charge is 0.0345 e. The summed E-state index contributed by atoms with van der Waals surface area (Å²) in [5, 5.41) is 0. The first-order valence-electron chi connectivity index (χ1n) is 29.7. The summed E-state index contributed by atoms with van der Waals surface area (Å²) in [5.41, 5.74) is 58.9. The number of hydrogen-bond acceptors (Lipinski definition) is 6. The number of aryl methyl sites for hydroxylation is 2. The van der Waals surface area contributed by atoms with Gasteiger partial charge in [-0.15, -0.1) is 0 Å². The van der Waals surface area contributed by atoms with Crippen molar-refractivity contribution in [2.24, 2.45) is 0 Å². The Morgan fingerprint density at radius 1 is 0.309 bits per heavy atom. The van der Waals surface area contributed by atoms with Gasteiger partial charge in [0.1, 0.15) is 0 Å². The minimum absolute atomic E-state index is 0.173. The number of nitrogen functional groups attached to an aromatic ring is 6. The Morgan fingerprint density at radius 3 is 0.827 bits per heavy atom. The SMILES string of the molecule is CCC(C)c1ccc(C(c2ccc(N)cc2)c2ccc(N)cc2)cc1.Cc1cc(C2CCCCC2)cc(C)c1C(c1ccc(N)cc1)c1ccc(N)cc1.Nc1ccc(C(c2ccc(N)cc2)c2ccc(C3CCCCC3)cc2)cc1. The van der Waals surface area contributed by atoms with Gasteiger partial charge < -0.3 is 34.4 Å². The van der Waals surface area contributed by atoms with Crippen molar-refractivity contribution in [2.45, 2.75) is 134 Å². The molecule has 2 aliphatic carbocycles. The van der Waals surface area contributed by atoms with Gasteiger partial charge in [0, 0.05) is 51.9 Å². The predicted molar refractivity (Wildman–Crippen MR) is 347 cm³/mol. The van der Waals surface area contributed by atoms with Crippen LogP contribution < -0.4 is 34.4 Å². The van der Waals surface area contributed by atoms with E-state index >= 15 is 0 Å². The molecule has 0 aromatic heterocycles. The van der Waals surface area contributed by atoms with Gasteiger partial charge in [0.15, 0.2) is 0 Å². The Hall–Kier alpha value is -8.22. The van der Waals surface area contributed by atoms with Crippen LogP contribution in [0.15, 0.2) is 206 Å². The second-order valence-electron chi connectivity index (χ2n) is 23.2. The van der Waals surface area contributed by atoms with E-state index in [0.717, 1.165) is 52.4 Å². The molecule has 12 N–H and O–H groups in total. The van der Waals surface area contributed by atoms with E-state index in [1.54, 1.807) is 0 Å². The highest BCUT2D eigenvalue weighted by Crippen LogP contribution is 2.42. The zero-order valence-corrected chi connectivity index (χ0v) is 48.3. The molecule has 6 nitrogen and oxygen atoms in total. The quantitative estimate of drug-likeness (QED) is 0.0499. The highest BCUT2D eigenvalue weighted by molar-refractivity contribution is 5.56. The molecule has 0 heterocycles. The number of benzene rings is 9. The lowest BCUT2D eigenvalue weighted by molar-refractivity contribution is 0.443. The molecule has 6 heteroatoms. The van der Waals surface area contributed by atoms with Crippen molar-refractivity contribution in [1.29, 1.82) is 0 Å². The molecule has 2 aliphatic rings. The maximum Gasteiger partial charge on any atom is 0.0345 e. The number of hydrogen-bond donors (Lipinski definition) is 6. The standard InChI is InChI=1S/C27H32N2.C25H28N2.C23H26N2/c1-18-16-23(20-6-4-3-5-7-20)17-19(2)26(18)27(21-8-12-24(28)13-9-21)22-10-14-25(29)15-11-22;26-23-14-10-21(11-15-23)25(22-12-16-24(27)17-13-22)20-8-6-19(7-9-20)18-4-2-1-3-5-18;1-3-16(2)17-4-6-18(7-5-17)23(19-8-12-21(24)13-9-19)20-10-14-22(25)15-11-20/h8-17,20,27H,3-7,28-29H2,1-2H3;6-18,25H,1-5,26-27H2;4-16,23H,3,24-25H2,1-2H3. The Balaban J connectivity index is 0.000000147. The van der Waals surface area contributed by atoms with Crippen molar-refractivity contribution in [1.82, 2.24) is 0 Å². The van der Waals surface area contributed by atoms with Gasteiger partial charge in [-0.2, -0.15) is 0 Å². The van der Waals surface area contributed by atoms with E-state index in [1.165, 1.54) is 142 Å². The maximum absolute atomic E-state index is 5.97. The van der Waals surface area contributed by atoms with Crippen LogP contribution in [-0.2, 0) is 0 Å². The minimum Gasteiger partial charge on any atom is -0.399 e. The van der Waals surface area contributed by atoms with Crippen molar-refractivity contribution in [3.8, 4) is 0 Å². The van der Waals surface area contributed by atoms with E-state index in [2.05, 4.69) is 161 Å². The predicted octanol–water partition coefficient (Wildman–Crippen LogP) is 18.3. The largest absolute Gasteiger partial charge is 0.399 e. The molecule has 11 rings (SSSR count). The van der Waals surface area contributed by atoms with E-state index in [4.69, 9.17) is 34.4 Å². The van der Waals surface area contributed by atoms with Crippen LogP contribution >= 0.6 is 0 Å². The highest BCUT2D eigenvalue weighted by Gasteiger charge is 2.25. The van der Waals surface area contributed by atoms with Crippen LogP contribution in [0.5, 0.6) is 0 Å². The lowest BCUT2D eigenvalue weighted by Gasteiger charge is -2.27. The summed E-state index contributed by atoms with van der Waals surface area (Å²) in [6, 6.07) is 72.6. The molecular weight excluding hydrogens is 985 g/mol. The fourth-order valence-electron chi connectivity index (χ4n) is 12.6. The highest BCUT2D eigenvalue weighted by atomic mass is 14.6. The van der Waals surface area contributed by atoms with Crippen molar-refractivity contribution < 1.29 is 0 Å². The summed E-state index contributed by atoms with van der Waals surface area (Å²) in [6.45, 7) is 9.04. The van der Waals surface area contributed by atoms with E-state index in [-0.39, 0.29) is 17.8 Å². The van der Waals surface area contributed by atoms with Crippen LogP contribution in [-0.4, -0.2) is 0 Å². The van der Waals surface area contributed by atoms with Gasteiger partial charge in [0.2, 0.25) is 0 Å². The molecule has 1 atom stereocenters. The van der Waals surface area contributed by atoms with Gasteiger partial charge in [0.25, 0.3) is 0 Å². The van der Waals surface area contributed by atoms with Crippen molar-refractivity contribution >= 4 is 34.1 Å². The third-order valence-electron chi connectivity index (χ3n) is 17.4. The third kappa shape index (κ3) is 14.8. The van der Waals surface area contributed by atoms with Crippen LogP contribution in [0.4, 0.5) is 34.1 Å². The topological polar surface area (TPSA) is 156 Å². The number of nitrogens with two attached hydrogens (primary N) is 6. The summed E-state index contributed by atoms with van der Waals surface area (Å²) in [4.78, 5) is 0. The molecule has 1 unspecified atom stereocenters. The molecule has 2 fully saturated rings. The van der Waals surface area contributed by atoms with Gasteiger partial charge >= 0.3 is 0 Å². The average molecular weight is 1070 g/mol. The lowest BCUT2D eigenvalue weighted by atomic mass is 9.77. The summed E-state index contributed by atoms with van der Waals surface area (Å²) in [7, 11) is 0. The summed E-state index contributed by atoms with van der Waals surface area (Å²) in [6.07, 6.45) is 14.7. The summed E-state index contributed by atoms with van der Waals surface area (Å²) in [5.74, 6) is 2.58. The Bertz CT molecular complexity index is 3200. The molecule has 416 valence electrons. The first kappa shape index (κ1) is 57.5. The van der Waals surface area contributed by atoms with E-state index in [0.29, 0.717) is 5.92 Å². The van der Waals surface area contributed by atoms with Crippen LogP contribution in [0.1, 0.15) is 198 Å². The molecular formula is C75H86N6. The van der Waals surface area contributed by atoms with Gasteiger partial charge in [-0.3, -0.25) is 0 Å². The number of rotatable bonds is 13. The van der Waals surface area contributed by atoms with Crippen LogP contribution in [0.25, 0.3) is 0 Å². The zero-order chi connectivity index (χ0) is 56.8. The van der Waals surface area contributed by atoms with Gasteiger partial charge in [-0.05, 0) is 214 Å². The maximum atomic E-state index is 5.97. The molecule has 0 aliphatic heterocycles. The van der Waals surface area contributed by atoms with E-state index < -0.39 is 0 Å². The molecule has 0 saturated heterocycles. The third-order valence-corrected chi connectivity index (χ3v) is 17.4. The number of anilines is 6. The van der Waals surface area contributed by atoms with Crippen molar-refractivity contribution in [2.75, 3.05) is 34.4 Å². The van der Waals surface area contributed by atoms with Gasteiger partial charge in [-0.1, -0.05) is 186 Å². The second-order valence-corrected chi connectivity index (χ2v) is 23.2.